The molecule has 2 aromatic carbocycles. The van der Waals surface area contributed by atoms with Gasteiger partial charge in [-0.2, -0.15) is 0 Å². The summed E-state index contributed by atoms with van der Waals surface area (Å²) < 4.78 is 30.2. The lowest BCUT2D eigenvalue weighted by Gasteiger charge is -2.33. The fraction of sp³-hybridized carbons (Fsp3) is 0.282. The molecule has 2 aliphatic rings. The minimum atomic E-state index is -1.28. The van der Waals surface area contributed by atoms with Gasteiger partial charge in [0.15, 0.2) is 23.0 Å². The zero-order valence-electron chi connectivity index (χ0n) is 28.6. The van der Waals surface area contributed by atoms with Crippen molar-refractivity contribution in [3.8, 4) is 23.0 Å². The van der Waals surface area contributed by atoms with Crippen molar-refractivity contribution in [2.24, 2.45) is 0 Å². The summed E-state index contributed by atoms with van der Waals surface area (Å²) in [4.78, 5) is 0. The van der Waals surface area contributed by atoms with Gasteiger partial charge in [-0.15, -0.1) is 0 Å². The van der Waals surface area contributed by atoms with Gasteiger partial charge in [-0.25, -0.2) is 0 Å². The van der Waals surface area contributed by atoms with Gasteiger partial charge in [0.05, 0.1) is 0 Å². The molecule has 0 aliphatic carbocycles. The first kappa shape index (κ1) is 31.1. The van der Waals surface area contributed by atoms with Gasteiger partial charge in [0.1, 0.15) is 0 Å². The van der Waals surface area contributed by atoms with Crippen molar-refractivity contribution >= 4 is 16.9 Å². The summed E-state index contributed by atoms with van der Waals surface area (Å²) in [7, 11) is -2.49. The standard InChI is InChI=1S/C39H42N4O3P2/c1-27-13-10-18-41(27)47(40-16-8-9-17-40)45-34-24-30(38(2,3)4)22-28-21-29-23-31(39(5,6)7)25-35(37(29)44-36(28)34)46-48-42-19-11-14-32(42)26-33-15-12-20-43(33)48/h8-20,22-25H,21,26H2,1-7H3. The molecule has 8 rings (SSSR count). The van der Waals surface area contributed by atoms with E-state index < -0.39 is 16.9 Å². The van der Waals surface area contributed by atoms with Gasteiger partial charge in [0.2, 0.25) is 0 Å². The monoisotopic (exact) mass is 676 g/mol. The third-order valence-corrected chi connectivity index (χ3v) is 12.9. The van der Waals surface area contributed by atoms with Crippen LogP contribution < -0.4 is 13.8 Å². The number of hydrogen-bond donors (Lipinski definition) is 0. The zero-order chi connectivity index (χ0) is 33.4. The van der Waals surface area contributed by atoms with Crippen LogP contribution in [0.1, 0.15) is 80.9 Å². The molecule has 6 heterocycles. The maximum absolute atomic E-state index is 7.13. The predicted octanol–water partition coefficient (Wildman–Crippen LogP) is 10.8. The van der Waals surface area contributed by atoms with Crippen molar-refractivity contribution in [2.45, 2.75) is 72.1 Å². The van der Waals surface area contributed by atoms with E-state index in [2.05, 4.69) is 157 Å². The summed E-state index contributed by atoms with van der Waals surface area (Å²) in [6.07, 6.45) is 12.1. The molecule has 7 nitrogen and oxygen atoms in total. The SMILES string of the molecule is Cc1cccn1P(Oc1cc(C(C)(C)C)cc2c1Oc1c(cc(C(C)(C)C)cc1OP1n3cccc3Cc3cccn31)C2)n1cccc1. The van der Waals surface area contributed by atoms with Gasteiger partial charge in [-0.05, 0) is 89.5 Å². The fourth-order valence-corrected chi connectivity index (χ4v) is 9.81. The smallest absolute Gasteiger partial charge is 0.318 e. The molecule has 0 N–H and O–H groups in total. The van der Waals surface area contributed by atoms with E-state index in [0.717, 1.165) is 52.7 Å². The largest absolute Gasteiger partial charge is 0.449 e. The van der Waals surface area contributed by atoms with E-state index >= 15 is 0 Å². The summed E-state index contributed by atoms with van der Waals surface area (Å²) in [6, 6.07) is 25.8. The van der Waals surface area contributed by atoms with Crippen LogP contribution in [0.2, 0.25) is 0 Å². The van der Waals surface area contributed by atoms with Crippen molar-refractivity contribution in [3.05, 3.63) is 143 Å². The van der Waals surface area contributed by atoms with Crippen LogP contribution in [0.5, 0.6) is 23.0 Å². The summed E-state index contributed by atoms with van der Waals surface area (Å²) in [5.41, 5.74) is 8.17. The second-order valence-corrected chi connectivity index (χ2v) is 17.9. The third-order valence-electron chi connectivity index (χ3n) is 9.19. The van der Waals surface area contributed by atoms with Crippen molar-refractivity contribution < 1.29 is 13.8 Å². The highest BCUT2D eigenvalue weighted by Gasteiger charge is 2.34. The molecule has 1 atom stereocenters. The van der Waals surface area contributed by atoms with Crippen LogP contribution in [0.4, 0.5) is 0 Å². The van der Waals surface area contributed by atoms with Crippen LogP contribution in [-0.4, -0.2) is 17.4 Å². The molecule has 0 bridgehead atoms. The van der Waals surface area contributed by atoms with Crippen molar-refractivity contribution in [2.75, 3.05) is 0 Å². The predicted molar refractivity (Wildman–Crippen MR) is 195 cm³/mol. The molecule has 0 saturated carbocycles. The average Bonchev–Trinajstić information content (AvgIpc) is 3.86. The number of aromatic nitrogens is 4. The second-order valence-electron chi connectivity index (χ2n) is 14.8. The summed E-state index contributed by atoms with van der Waals surface area (Å²) in [5.74, 6) is 3.02. The van der Waals surface area contributed by atoms with Gasteiger partial charge in [0.25, 0.3) is 0 Å². The maximum atomic E-state index is 7.13. The highest BCUT2D eigenvalue weighted by atomic mass is 31.2. The molecule has 0 spiro atoms. The molecule has 0 radical (unpaired) electrons. The molecule has 0 amide bonds. The Morgan fingerprint density at radius 3 is 1.79 bits per heavy atom. The van der Waals surface area contributed by atoms with E-state index in [9.17, 15) is 0 Å². The van der Waals surface area contributed by atoms with Crippen molar-refractivity contribution in [1.29, 1.82) is 0 Å². The number of rotatable bonds is 6. The molecule has 9 heteroatoms. The van der Waals surface area contributed by atoms with Crippen LogP contribution in [-0.2, 0) is 23.7 Å². The first-order chi connectivity index (χ1) is 22.9. The quantitative estimate of drug-likeness (QED) is 0.165. The Bertz CT molecular complexity index is 2010. The van der Waals surface area contributed by atoms with Gasteiger partial charge >= 0.3 is 16.9 Å². The van der Waals surface area contributed by atoms with E-state index in [0.29, 0.717) is 0 Å². The molecule has 0 saturated heterocycles. The first-order valence-electron chi connectivity index (χ1n) is 16.5. The van der Waals surface area contributed by atoms with Crippen LogP contribution in [0, 0.1) is 6.92 Å². The molecule has 4 aromatic heterocycles. The lowest BCUT2D eigenvalue weighted by atomic mass is 9.82. The van der Waals surface area contributed by atoms with E-state index in [4.69, 9.17) is 13.8 Å². The third kappa shape index (κ3) is 5.47. The normalized spacial score (nSPS) is 14.8. The maximum Gasteiger partial charge on any atom is 0.318 e. The van der Waals surface area contributed by atoms with Crippen molar-refractivity contribution in [1.82, 2.24) is 17.4 Å². The lowest BCUT2D eigenvalue weighted by Crippen LogP contribution is -2.18. The van der Waals surface area contributed by atoms with E-state index in [1.165, 1.54) is 22.5 Å². The Balaban J connectivity index is 1.26. The van der Waals surface area contributed by atoms with Crippen molar-refractivity contribution in [3.63, 3.8) is 0 Å². The fourth-order valence-electron chi connectivity index (χ4n) is 6.40. The van der Waals surface area contributed by atoms with E-state index in [1.54, 1.807) is 0 Å². The van der Waals surface area contributed by atoms with Crippen LogP contribution in [0.3, 0.4) is 0 Å². The van der Waals surface area contributed by atoms with Gasteiger partial charge in [-0.1, -0.05) is 53.7 Å². The number of fused-ring (bicyclic) bond motifs is 4. The molecule has 6 aromatic rings. The molecule has 1 unspecified atom stereocenters. The number of benzene rings is 2. The minimum absolute atomic E-state index is 0.0762. The second kappa shape index (κ2) is 11.5. The Labute approximate surface area is 285 Å². The minimum Gasteiger partial charge on any atom is -0.449 e. The van der Waals surface area contributed by atoms with Crippen LogP contribution in [0.15, 0.2) is 104 Å². The van der Waals surface area contributed by atoms with Crippen LogP contribution >= 0.6 is 16.9 Å². The summed E-state index contributed by atoms with van der Waals surface area (Å²) in [5, 5.41) is 0. The van der Waals surface area contributed by atoms with Gasteiger partial charge < -0.3 is 13.8 Å². The van der Waals surface area contributed by atoms with E-state index in [-0.39, 0.29) is 10.8 Å². The first-order valence-corrected chi connectivity index (χ1v) is 18.9. The highest BCUT2D eigenvalue weighted by Crippen LogP contribution is 2.56. The molecular formula is C39H42N4O3P2. The van der Waals surface area contributed by atoms with Crippen LogP contribution in [0.25, 0.3) is 0 Å². The molecule has 2 aliphatic heterocycles. The number of ether oxygens (including phenoxy) is 1. The number of nitrogens with zero attached hydrogens (tertiary/aromatic N) is 4. The Morgan fingerprint density at radius 1 is 0.667 bits per heavy atom. The number of aryl methyl sites for hydroxylation is 1. The molecule has 48 heavy (non-hydrogen) atoms. The Morgan fingerprint density at radius 2 is 1.23 bits per heavy atom. The highest BCUT2D eigenvalue weighted by molar-refractivity contribution is 7.50. The Kier molecular flexibility index (Phi) is 7.43. The average molecular weight is 677 g/mol. The topological polar surface area (TPSA) is 47.4 Å². The molecular weight excluding hydrogens is 634 g/mol. The van der Waals surface area contributed by atoms with Gasteiger partial charge in [-0.3, -0.25) is 17.4 Å². The zero-order valence-corrected chi connectivity index (χ0v) is 30.4. The molecule has 246 valence electrons. The van der Waals surface area contributed by atoms with Gasteiger partial charge in [0, 0.05) is 72.0 Å². The lowest BCUT2D eigenvalue weighted by molar-refractivity contribution is 0.411. The molecule has 0 fully saturated rings. The number of hydrogen-bond acceptors (Lipinski definition) is 3. The van der Waals surface area contributed by atoms with E-state index in [1.807, 2.05) is 12.1 Å². The Hall–Kier alpha value is -4.18. The summed E-state index contributed by atoms with van der Waals surface area (Å²) in [6.45, 7) is 15.6. The summed E-state index contributed by atoms with van der Waals surface area (Å²) >= 11 is 0.